The molecule has 1 fully saturated rings. The van der Waals surface area contributed by atoms with Gasteiger partial charge in [0.2, 0.25) is 0 Å². The minimum atomic E-state index is 0.489. The Morgan fingerprint density at radius 2 is 2.21 bits per heavy atom. The maximum atomic E-state index is 6.31. The largest absolute Gasteiger partial charge is 0.260 e. The highest BCUT2D eigenvalue weighted by molar-refractivity contribution is 6.32. The normalized spacial score (nSPS) is 16.3. The molecular weight excluding hydrogens is 194 g/mol. The second kappa shape index (κ2) is 3.90. The van der Waals surface area contributed by atoms with Crippen LogP contribution >= 0.6 is 11.6 Å². The molecule has 0 amide bonds. The second-order valence-electron chi connectivity index (χ2n) is 4.46. The van der Waals surface area contributed by atoms with Gasteiger partial charge in [-0.05, 0) is 42.7 Å². The summed E-state index contributed by atoms with van der Waals surface area (Å²) in [5.41, 5.74) is 2.33. The van der Waals surface area contributed by atoms with E-state index in [1.165, 1.54) is 18.4 Å². The van der Waals surface area contributed by atoms with E-state index in [-0.39, 0.29) is 0 Å². The average molecular weight is 210 g/mol. The van der Waals surface area contributed by atoms with Gasteiger partial charge in [-0.3, -0.25) is 4.98 Å². The van der Waals surface area contributed by atoms with Gasteiger partial charge in [0, 0.05) is 6.20 Å². The first-order valence-electron chi connectivity index (χ1n) is 5.31. The summed E-state index contributed by atoms with van der Waals surface area (Å²) in [5.74, 6) is 1.34. The SMILES string of the molecule is CC(C)c1ccnc(CC2CC2)c1Cl. The zero-order valence-corrected chi connectivity index (χ0v) is 9.51. The summed E-state index contributed by atoms with van der Waals surface area (Å²) in [7, 11) is 0. The number of halogens is 1. The van der Waals surface area contributed by atoms with Gasteiger partial charge in [0.1, 0.15) is 0 Å². The summed E-state index contributed by atoms with van der Waals surface area (Å²) < 4.78 is 0. The molecule has 0 radical (unpaired) electrons. The summed E-state index contributed by atoms with van der Waals surface area (Å²) >= 11 is 6.31. The molecule has 1 saturated carbocycles. The Morgan fingerprint density at radius 3 is 2.79 bits per heavy atom. The molecular formula is C12H16ClN. The molecule has 1 aliphatic rings. The molecule has 1 aromatic heterocycles. The molecule has 1 heterocycles. The minimum Gasteiger partial charge on any atom is -0.260 e. The third-order valence-corrected chi connectivity index (χ3v) is 3.23. The van der Waals surface area contributed by atoms with Crippen molar-refractivity contribution in [2.45, 2.75) is 39.0 Å². The van der Waals surface area contributed by atoms with Crippen LogP contribution in [0.15, 0.2) is 12.3 Å². The van der Waals surface area contributed by atoms with Gasteiger partial charge in [0.25, 0.3) is 0 Å². The van der Waals surface area contributed by atoms with Crippen LogP contribution in [0.5, 0.6) is 0 Å². The van der Waals surface area contributed by atoms with Crippen molar-refractivity contribution in [2.75, 3.05) is 0 Å². The summed E-state index contributed by atoms with van der Waals surface area (Å²) in [5, 5.41) is 0.898. The van der Waals surface area contributed by atoms with Crippen molar-refractivity contribution < 1.29 is 0 Å². The monoisotopic (exact) mass is 209 g/mol. The van der Waals surface area contributed by atoms with Gasteiger partial charge in [-0.1, -0.05) is 25.4 Å². The zero-order chi connectivity index (χ0) is 10.1. The smallest absolute Gasteiger partial charge is 0.0656 e. The van der Waals surface area contributed by atoms with Crippen molar-refractivity contribution in [3.05, 3.63) is 28.5 Å². The number of pyridine rings is 1. The predicted molar refractivity (Wildman–Crippen MR) is 59.8 cm³/mol. The van der Waals surface area contributed by atoms with Crippen molar-refractivity contribution >= 4 is 11.6 Å². The standard InChI is InChI=1S/C12H16ClN/c1-8(2)10-5-6-14-11(12(10)13)7-9-3-4-9/h5-6,8-9H,3-4,7H2,1-2H3. The lowest BCUT2D eigenvalue weighted by Gasteiger charge is -2.10. The number of hydrogen-bond donors (Lipinski definition) is 0. The Labute approximate surface area is 90.5 Å². The van der Waals surface area contributed by atoms with Gasteiger partial charge in [-0.15, -0.1) is 0 Å². The summed E-state index contributed by atoms with van der Waals surface area (Å²) in [6.07, 6.45) is 5.66. The van der Waals surface area contributed by atoms with E-state index in [1.54, 1.807) is 0 Å². The van der Waals surface area contributed by atoms with Gasteiger partial charge in [0.15, 0.2) is 0 Å². The second-order valence-corrected chi connectivity index (χ2v) is 4.84. The van der Waals surface area contributed by atoms with Crippen LogP contribution in [-0.2, 0) is 6.42 Å². The van der Waals surface area contributed by atoms with Crippen LogP contribution in [0.4, 0.5) is 0 Å². The molecule has 0 atom stereocenters. The quantitative estimate of drug-likeness (QED) is 0.738. The molecule has 0 bridgehead atoms. The van der Waals surface area contributed by atoms with E-state index in [2.05, 4.69) is 18.8 Å². The first kappa shape index (κ1) is 9.97. The van der Waals surface area contributed by atoms with Crippen LogP contribution < -0.4 is 0 Å². The first-order valence-corrected chi connectivity index (χ1v) is 5.69. The average Bonchev–Trinajstić information content (AvgIpc) is 2.92. The molecule has 0 aromatic carbocycles. The van der Waals surface area contributed by atoms with E-state index >= 15 is 0 Å². The van der Waals surface area contributed by atoms with Gasteiger partial charge in [0.05, 0.1) is 10.7 Å². The molecule has 14 heavy (non-hydrogen) atoms. The Kier molecular flexibility index (Phi) is 2.78. The Hall–Kier alpha value is -0.560. The van der Waals surface area contributed by atoms with Gasteiger partial charge < -0.3 is 0 Å². The summed E-state index contributed by atoms with van der Waals surface area (Å²) in [4.78, 5) is 4.37. The number of nitrogens with zero attached hydrogens (tertiary/aromatic N) is 1. The number of aromatic nitrogens is 1. The molecule has 0 N–H and O–H groups in total. The van der Waals surface area contributed by atoms with Crippen LogP contribution in [0, 0.1) is 5.92 Å². The molecule has 1 aliphatic carbocycles. The summed E-state index contributed by atoms with van der Waals surface area (Å²) in [6, 6.07) is 2.03. The fourth-order valence-corrected chi connectivity index (χ4v) is 2.09. The molecule has 76 valence electrons. The molecule has 2 heteroatoms. The molecule has 0 unspecified atom stereocenters. The Bertz CT molecular complexity index is 329. The molecule has 0 spiro atoms. The molecule has 1 nitrogen and oxygen atoms in total. The van der Waals surface area contributed by atoms with Crippen molar-refractivity contribution in [3.63, 3.8) is 0 Å². The highest BCUT2D eigenvalue weighted by Gasteiger charge is 2.24. The molecule has 2 rings (SSSR count). The number of rotatable bonds is 3. The lowest BCUT2D eigenvalue weighted by molar-refractivity contribution is 0.790. The van der Waals surface area contributed by atoms with E-state index < -0.39 is 0 Å². The van der Waals surface area contributed by atoms with Gasteiger partial charge in [-0.2, -0.15) is 0 Å². The van der Waals surface area contributed by atoms with Crippen LogP contribution in [0.2, 0.25) is 5.02 Å². The maximum Gasteiger partial charge on any atom is 0.0656 e. The first-order chi connectivity index (χ1) is 6.68. The van der Waals surface area contributed by atoms with E-state index in [9.17, 15) is 0 Å². The fourth-order valence-electron chi connectivity index (χ4n) is 1.69. The number of hydrogen-bond acceptors (Lipinski definition) is 1. The molecule has 0 saturated heterocycles. The highest BCUT2D eigenvalue weighted by Crippen LogP contribution is 2.35. The topological polar surface area (TPSA) is 12.9 Å². The Balaban J connectivity index is 2.25. The molecule has 1 aromatic rings. The lowest BCUT2D eigenvalue weighted by Crippen LogP contribution is -1.98. The van der Waals surface area contributed by atoms with Crippen molar-refractivity contribution in [1.82, 2.24) is 4.98 Å². The van der Waals surface area contributed by atoms with E-state index in [1.807, 2.05) is 12.3 Å². The van der Waals surface area contributed by atoms with Gasteiger partial charge in [-0.25, -0.2) is 0 Å². The van der Waals surface area contributed by atoms with E-state index in [4.69, 9.17) is 11.6 Å². The van der Waals surface area contributed by atoms with Crippen LogP contribution in [0.3, 0.4) is 0 Å². The fraction of sp³-hybridized carbons (Fsp3) is 0.583. The van der Waals surface area contributed by atoms with E-state index in [0.29, 0.717) is 5.92 Å². The van der Waals surface area contributed by atoms with E-state index in [0.717, 1.165) is 23.1 Å². The van der Waals surface area contributed by atoms with Gasteiger partial charge >= 0.3 is 0 Å². The van der Waals surface area contributed by atoms with Crippen LogP contribution in [0.1, 0.15) is 43.9 Å². The molecule has 0 aliphatic heterocycles. The van der Waals surface area contributed by atoms with Crippen molar-refractivity contribution in [2.24, 2.45) is 5.92 Å². The zero-order valence-electron chi connectivity index (χ0n) is 8.76. The van der Waals surface area contributed by atoms with Crippen molar-refractivity contribution in [1.29, 1.82) is 0 Å². The Morgan fingerprint density at radius 1 is 1.50 bits per heavy atom. The van der Waals surface area contributed by atoms with Crippen LogP contribution in [0.25, 0.3) is 0 Å². The third kappa shape index (κ3) is 2.09. The summed E-state index contributed by atoms with van der Waals surface area (Å²) in [6.45, 7) is 4.34. The minimum absolute atomic E-state index is 0.489. The maximum absolute atomic E-state index is 6.31. The van der Waals surface area contributed by atoms with Crippen molar-refractivity contribution in [3.8, 4) is 0 Å². The third-order valence-electron chi connectivity index (χ3n) is 2.79. The highest BCUT2D eigenvalue weighted by atomic mass is 35.5. The predicted octanol–water partition coefficient (Wildman–Crippen LogP) is 3.81. The lowest BCUT2D eigenvalue weighted by atomic mass is 10.0. The van der Waals surface area contributed by atoms with Crippen LogP contribution in [-0.4, -0.2) is 4.98 Å².